The van der Waals surface area contributed by atoms with E-state index in [4.69, 9.17) is 19.4 Å². The molecule has 10 aromatic rings. The topological polar surface area (TPSA) is 56.7 Å². The monoisotopic (exact) mass is 712 g/mol. The van der Waals surface area contributed by atoms with Crippen LogP contribution in [-0.4, -0.2) is 66.6 Å². The minimum atomic E-state index is 0.594. The number of rotatable bonds is 5. The van der Waals surface area contributed by atoms with E-state index in [-0.39, 0.29) is 0 Å². The van der Waals surface area contributed by atoms with E-state index in [0.717, 1.165) is 55.4 Å². The zero-order chi connectivity index (χ0) is 38.2. The Morgan fingerprint density at radius 1 is 0.429 bits per heavy atom. The van der Waals surface area contributed by atoms with Crippen molar-refractivity contribution in [1.82, 2.24) is 19.5 Å². The fourth-order valence-corrected chi connectivity index (χ4v) is 8.61. The molecule has 5 nitrogen and oxygen atoms in total. The molecule has 10 rings (SSSR count). The van der Waals surface area contributed by atoms with E-state index >= 15 is 0 Å². The van der Waals surface area contributed by atoms with Gasteiger partial charge in [-0.15, -0.1) is 0 Å². The highest BCUT2D eigenvalue weighted by molar-refractivity contribution is 6.62. The Hall–Kier alpha value is -6.46. The molecule has 0 aliphatic rings. The average Bonchev–Trinajstić information content (AvgIpc) is 3.80. The standard InChI is InChI=1S/C45H34B6N4O/c46-31-21-33(48)40-36(38(31)50)37-39(51)32(47)22-34(49)41(37)55(40)27-19-29(23-10-4-1-5-11-23)42-30(20-27)28-17-16-26(18-35(28)56-42)45-53-43(24-12-6-2-7-13-24)52-44(54-45)25-14-8-3-9-15-25/h1-22H,46-51H2. The second-order valence-electron chi connectivity index (χ2n) is 15.1. The summed E-state index contributed by atoms with van der Waals surface area (Å²) >= 11 is 0. The van der Waals surface area contributed by atoms with Crippen LogP contribution in [-0.2, 0) is 0 Å². The summed E-state index contributed by atoms with van der Waals surface area (Å²) < 4.78 is 9.42. The van der Waals surface area contributed by atoms with Gasteiger partial charge < -0.3 is 8.98 Å². The fourth-order valence-electron chi connectivity index (χ4n) is 8.61. The second-order valence-corrected chi connectivity index (χ2v) is 15.1. The van der Waals surface area contributed by atoms with E-state index < -0.39 is 0 Å². The Kier molecular flexibility index (Phi) is 7.96. The maximum atomic E-state index is 6.91. The third-order valence-electron chi connectivity index (χ3n) is 11.6. The molecule has 0 unspecified atom stereocenters. The molecule has 3 heterocycles. The Morgan fingerprint density at radius 2 is 0.911 bits per heavy atom. The lowest BCUT2D eigenvalue weighted by Crippen LogP contribution is -2.33. The summed E-state index contributed by atoms with van der Waals surface area (Å²) in [6.45, 7) is 0. The Labute approximate surface area is 330 Å². The maximum absolute atomic E-state index is 6.91. The molecule has 56 heavy (non-hydrogen) atoms. The molecule has 0 bridgehead atoms. The van der Waals surface area contributed by atoms with Crippen molar-refractivity contribution in [2.24, 2.45) is 0 Å². The first-order valence-electron chi connectivity index (χ1n) is 19.2. The number of nitrogens with zero attached hydrogens (tertiary/aromatic N) is 4. The third-order valence-corrected chi connectivity index (χ3v) is 11.6. The van der Waals surface area contributed by atoms with Crippen molar-refractivity contribution >= 4 is 124 Å². The molecule has 11 heteroatoms. The summed E-state index contributed by atoms with van der Waals surface area (Å²) in [6.07, 6.45) is 0. The molecular formula is C45H34B6N4O. The van der Waals surface area contributed by atoms with E-state index in [2.05, 4.69) is 124 Å². The van der Waals surface area contributed by atoms with Gasteiger partial charge in [-0.25, -0.2) is 15.0 Å². The van der Waals surface area contributed by atoms with Crippen molar-refractivity contribution in [3.05, 3.63) is 133 Å². The Morgan fingerprint density at radius 3 is 1.43 bits per heavy atom. The number of benzene rings is 7. The molecule has 0 N–H and O–H groups in total. The van der Waals surface area contributed by atoms with Gasteiger partial charge in [0.2, 0.25) is 0 Å². The zero-order valence-corrected chi connectivity index (χ0v) is 32.4. The van der Waals surface area contributed by atoms with Crippen LogP contribution < -0.4 is 32.8 Å². The third kappa shape index (κ3) is 5.36. The van der Waals surface area contributed by atoms with E-state index in [1.807, 2.05) is 60.7 Å². The van der Waals surface area contributed by atoms with Crippen LogP contribution in [0.15, 0.2) is 138 Å². The van der Waals surface area contributed by atoms with Crippen molar-refractivity contribution in [2.75, 3.05) is 0 Å². The van der Waals surface area contributed by atoms with Crippen molar-refractivity contribution in [3.63, 3.8) is 0 Å². The van der Waals surface area contributed by atoms with Gasteiger partial charge in [-0.1, -0.05) is 142 Å². The molecule has 3 aromatic heterocycles. The van der Waals surface area contributed by atoms with Gasteiger partial charge in [0.25, 0.3) is 0 Å². The molecule has 0 saturated heterocycles. The molecule has 0 aliphatic heterocycles. The fraction of sp³-hybridized carbons (Fsp3) is 0. The van der Waals surface area contributed by atoms with Crippen LogP contribution in [0.1, 0.15) is 0 Å². The number of hydrogen-bond acceptors (Lipinski definition) is 4. The Balaban J connectivity index is 1.25. The molecule has 0 radical (unpaired) electrons. The lowest BCUT2D eigenvalue weighted by atomic mass is 9.71. The minimum Gasteiger partial charge on any atom is -0.455 e. The quantitative estimate of drug-likeness (QED) is 0.251. The lowest BCUT2D eigenvalue weighted by Gasteiger charge is -2.15. The van der Waals surface area contributed by atoms with Crippen molar-refractivity contribution in [2.45, 2.75) is 0 Å². The minimum absolute atomic E-state index is 0.594. The first-order valence-corrected chi connectivity index (χ1v) is 19.2. The summed E-state index contributed by atoms with van der Waals surface area (Å²) in [5.74, 6) is 1.85. The first-order chi connectivity index (χ1) is 27.2. The predicted octanol–water partition coefficient (Wildman–Crippen LogP) is 1.09. The predicted molar refractivity (Wildman–Crippen MR) is 252 cm³/mol. The summed E-state index contributed by atoms with van der Waals surface area (Å²) in [5, 5.41) is 4.78. The average molecular weight is 712 g/mol. The second kappa shape index (κ2) is 13.1. The molecule has 7 aromatic carbocycles. The molecular weight excluding hydrogens is 677 g/mol. The number of fused-ring (bicyclic) bond motifs is 6. The Bertz CT molecular complexity index is 3070. The van der Waals surface area contributed by atoms with Crippen molar-refractivity contribution in [3.8, 4) is 51.0 Å². The largest absolute Gasteiger partial charge is 0.455 e. The van der Waals surface area contributed by atoms with E-state index in [0.29, 0.717) is 17.5 Å². The first kappa shape index (κ1) is 34.1. The molecule has 0 spiro atoms. The van der Waals surface area contributed by atoms with Crippen LogP contribution >= 0.6 is 0 Å². The van der Waals surface area contributed by atoms with Crippen LogP contribution in [0.2, 0.25) is 0 Å². The van der Waals surface area contributed by atoms with E-state index in [9.17, 15) is 0 Å². The number of aromatic nitrogens is 4. The smallest absolute Gasteiger partial charge is 0.164 e. The van der Waals surface area contributed by atoms with Gasteiger partial charge in [0.1, 0.15) is 58.2 Å². The van der Waals surface area contributed by atoms with Gasteiger partial charge in [0.05, 0.1) is 0 Å². The SMILES string of the molecule is Bc1cc(B)c2c(c1B)c1c(B)c(B)cc(B)c1n2-c1cc(-c2ccccc2)c2oc3cc(-c4nc(-c5ccccc5)nc(-c5ccccc5)n4)ccc3c2c1. The lowest BCUT2D eigenvalue weighted by molar-refractivity contribution is 0.670. The molecule has 0 amide bonds. The number of hydrogen-bond donors (Lipinski definition) is 0. The van der Waals surface area contributed by atoms with Crippen molar-refractivity contribution in [1.29, 1.82) is 0 Å². The summed E-state index contributed by atoms with van der Waals surface area (Å²) in [4.78, 5) is 14.9. The molecule has 0 aliphatic carbocycles. The van der Waals surface area contributed by atoms with E-state index in [1.165, 1.54) is 54.6 Å². The molecule has 0 fully saturated rings. The van der Waals surface area contributed by atoms with Crippen LogP contribution in [0, 0.1) is 0 Å². The van der Waals surface area contributed by atoms with Crippen molar-refractivity contribution < 1.29 is 4.42 Å². The van der Waals surface area contributed by atoms with Crippen LogP contribution in [0.5, 0.6) is 0 Å². The molecule has 258 valence electrons. The van der Waals surface area contributed by atoms with Gasteiger partial charge >= 0.3 is 0 Å². The number of furan rings is 1. The van der Waals surface area contributed by atoms with Crippen LogP contribution in [0.25, 0.3) is 94.7 Å². The summed E-state index contributed by atoms with van der Waals surface area (Å²) in [5.41, 5.74) is 18.0. The van der Waals surface area contributed by atoms with Gasteiger partial charge in [-0.2, -0.15) is 0 Å². The van der Waals surface area contributed by atoms with Crippen LogP contribution in [0.4, 0.5) is 0 Å². The van der Waals surface area contributed by atoms with Gasteiger partial charge in [-0.3, -0.25) is 0 Å². The maximum Gasteiger partial charge on any atom is 0.164 e. The van der Waals surface area contributed by atoms with Gasteiger partial charge in [0.15, 0.2) is 17.5 Å². The van der Waals surface area contributed by atoms with Gasteiger partial charge in [0, 0.05) is 49.7 Å². The van der Waals surface area contributed by atoms with Gasteiger partial charge in [-0.05, 0) is 40.6 Å². The summed E-state index contributed by atoms with van der Waals surface area (Å²) in [7, 11) is 13.5. The zero-order valence-electron chi connectivity index (χ0n) is 32.4. The van der Waals surface area contributed by atoms with E-state index in [1.54, 1.807) is 0 Å². The molecule has 0 saturated carbocycles. The summed E-state index contributed by atoms with van der Waals surface area (Å²) in [6, 6.07) is 46.4. The highest BCUT2D eigenvalue weighted by atomic mass is 16.3. The highest BCUT2D eigenvalue weighted by Gasteiger charge is 2.23. The normalized spacial score (nSPS) is 11.6. The highest BCUT2D eigenvalue weighted by Crippen LogP contribution is 2.40. The molecule has 0 atom stereocenters. The van der Waals surface area contributed by atoms with Crippen LogP contribution in [0.3, 0.4) is 0 Å².